The lowest BCUT2D eigenvalue weighted by atomic mass is 9.67. The number of ether oxygens (including phenoxy) is 1. The first kappa shape index (κ1) is 10.4. The van der Waals surface area contributed by atoms with Crippen molar-refractivity contribution in [1.82, 2.24) is 0 Å². The molecule has 2 rings (SSSR count). The van der Waals surface area contributed by atoms with Crippen LogP contribution in [0.3, 0.4) is 0 Å². The van der Waals surface area contributed by atoms with Crippen LogP contribution < -0.4 is 5.73 Å². The largest absolute Gasteiger partial charge is 0.481 e. The van der Waals surface area contributed by atoms with Crippen LogP contribution in [0.1, 0.15) is 6.92 Å². The number of carbonyl (C=O) groups is 1. The smallest absolute Gasteiger partial charge is 0.314 e. The summed E-state index contributed by atoms with van der Waals surface area (Å²) >= 11 is 0. The van der Waals surface area contributed by atoms with Crippen LogP contribution in [0.25, 0.3) is 0 Å². The van der Waals surface area contributed by atoms with Crippen molar-refractivity contribution in [2.75, 3.05) is 13.2 Å². The molecule has 1 aliphatic heterocycles. The first-order valence-electron chi connectivity index (χ1n) is 4.95. The first-order chi connectivity index (χ1) is 6.97. The fraction of sp³-hybridized carbons (Fsp3) is 0.545. The Morgan fingerprint density at radius 2 is 2.00 bits per heavy atom. The number of hydrogen-bond donors (Lipinski definition) is 2. The molecule has 3 N–H and O–H groups in total. The van der Waals surface area contributed by atoms with Gasteiger partial charge in [-0.2, -0.15) is 0 Å². The molecule has 82 valence electrons. The minimum Gasteiger partial charge on any atom is -0.481 e. The van der Waals surface area contributed by atoms with Gasteiger partial charge < -0.3 is 15.6 Å². The van der Waals surface area contributed by atoms with Gasteiger partial charge in [0.2, 0.25) is 0 Å². The summed E-state index contributed by atoms with van der Waals surface area (Å²) in [5, 5.41) is 8.82. The summed E-state index contributed by atoms with van der Waals surface area (Å²) in [7, 11) is 0. The number of nitrogens with two attached hydrogens (primary N) is 1. The molecule has 0 spiro atoms. The van der Waals surface area contributed by atoms with Crippen molar-refractivity contribution in [3.63, 3.8) is 0 Å². The minimum atomic E-state index is -0.833. The zero-order chi connectivity index (χ0) is 11.1. The van der Waals surface area contributed by atoms with E-state index in [4.69, 9.17) is 15.6 Å². The normalized spacial score (nSPS) is 37.3. The third-order valence-electron chi connectivity index (χ3n) is 3.38. The first-order valence-corrected chi connectivity index (χ1v) is 4.95. The quantitative estimate of drug-likeness (QED) is 0.651. The maximum absolute atomic E-state index is 10.7. The average molecular weight is 209 g/mol. The van der Waals surface area contributed by atoms with E-state index in [1.54, 1.807) is 12.2 Å². The second kappa shape index (κ2) is 3.18. The Morgan fingerprint density at radius 3 is 2.33 bits per heavy atom. The van der Waals surface area contributed by atoms with Crippen LogP contribution in [0.2, 0.25) is 0 Å². The molecule has 0 aromatic heterocycles. The second-order valence-electron chi connectivity index (χ2n) is 4.51. The highest BCUT2D eigenvalue weighted by Gasteiger charge is 2.48. The molecule has 4 nitrogen and oxygen atoms in total. The Hall–Kier alpha value is -1.13. The standard InChI is InChI=1S/C11H15NO3/c1-10(11(12)6-15-7-11)4-2-8(3-5-10)9(13)14/h2-5,8H,6-7,12H2,1H3,(H,13,14). The number of rotatable bonds is 2. The number of aliphatic carboxylic acids is 1. The number of hydrogen-bond acceptors (Lipinski definition) is 3. The molecule has 0 saturated carbocycles. The molecule has 0 amide bonds. The van der Waals surface area contributed by atoms with E-state index in [0.29, 0.717) is 13.2 Å². The highest BCUT2D eigenvalue weighted by molar-refractivity contribution is 5.75. The SMILES string of the molecule is CC1(C2(N)COC2)C=CC(C(=O)O)C=C1. The fourth-order valence-corrected chi connectivity index (χ4v) is 1.86. The molecule has 1 saturated heterocycles. The predicted octanol–water partition coefficient (Wildman–Crippen LogP) is 0.547. The van der Waals surface area contributed by atoms with Crippen LogP contribution in [0.4, 0.5) is 0 Å². The minimum absolute atomic E-state index is 0.294. The molecule has 2 aliphatic rings. The third kappa shape index (κ3) is 1.50. The molecule has 0 atom stereocenters. The summed E-state index contributed by atoms with van der Waals surface area (Å²) in [4.78, 5) is 10.7. The van der Waals surface area contributed by atoms with E-state index < -0.39 is 11.9 Å². The van der Waals surface area contributed by atoms with Crippen molar-refractivity contribution in [3.05, 3.63) is 24.3 Å². The van der Waals surface area contributed by atoms with Gasteiger partial charge in [0.25, 0.3) is 0 Å². The van der Waals surface area contributed by atoms with Crippen LogP contribution in [0.5, 0.6) is 0 Å². The fourth-order valence-electron chi connectivity index (χ4n) is 1.86. The van der Waals surface area contributed by atoms with E-state index in [0.717, 1.165) is 0 Å². The summed E-state index contributed by atoms with van der Waals surface area (Å²) in [6.07, 6.45) is 7.15. The lowest BCUT2D eigenvalue weighted by Gasteiger charge is -2.49. The van der Waals surface area contributed by atoms with E-state index in [1.807, 2.05) is 19.1 Å². The summed E-state index contributed by atoms with van der Waals surface area (Å²) in [6.45, 7) is 3.05. The lowest BCUT2D eigenvalue weighted by Crippen LogP contribution is -2.66. The van der Waals surface area contributed by atoms with Gasteiger partial charge in [0.15, 0.2) is 0 Å². The molecule has 15 heavy (non-hydrogen) atoms. The van der Waals surface area contributed by atoms with Crippen LogP contribution in [0.15, 0.2) is 24.3 Å². The van der Waals surface area contributed by atoms with Crippen molar-refractivity contribution in [3.8, 4) is 0 Å². The zero-order valence-corrected chi connectivity index (χ0v) is 8.64. The number of carboxylic acids is 1. The average Bonchev–Trinajstić information content (AvgIpc) is 2.14. The molecule has 0 bridgehead atoms. The molecule has 0 aromatic carbocycles. The van der Waals surface area contributed by atoms with Gasteiger partial charge in [0, 0.05) is 5.41 Å². The molecule has 0 aromatic rings. The summed E-state index contributed by atoms with van der Waals surface area (Å²) in [6, 6.07) is 0. The van der Waals surface area contributed by atoms with E-state index >= 15 is 0 Å². The molecule has 1 heterocycles. The molecule has 1 aliphatic carbocycles. The maximum atomic E-state index is 10.7. The van der Waals surface area contributed by atoms with Crippen LogP contribution in [0, 0.1) is 11.3 Å². The molecular weight excluding hydrogens is 194 g/mol. The van der Waals surface area contributed by atoms with Crippen molar-refractivity contribution in [1.29, 1.82) is 0 Å². The topological polar surface area (TPSA) is 72.5 Å². The van der Waals surface area contributed by atoms with Gasteiger partial charge in [0.05, 0.1) is 24.7 Å². The van der Waals surface area contributed by atoms with Crippen molar-refractivity contribution in [2.24, 2.45) is 17.1 Å². The Labute approximate surface area is 88.4 Å². The van der Waals surface area contributed by atoms with Gasteiger partial charge in [-0.3, -0.25) is 4.79 Å². The van der Waals surface area contributed by atoms with Gasteiger partial charge >= 0.3 is 5.97 Å². The maximum Gasteiger partial charge on any atom is 0.314 e. The van der Waals surface area contributed by atoms with E-state index in [-0.39, 0.29) is 11.0 Å². The van der Waals surface area contributed by atoms with Gasteiger partial charge in [-0.25, -0.2) is 0 Å². The summed E-state index contributed by atoms with van der Waals surface area (Å²) in [5.41, 5.74) is 5.48. The van der Waals surface area contributed by atoms with Gasteiger partial charge in [-0.15, -0.1) is 0 Å². The number of carboxylic acid groups (broad SMARTS) is 1. The van der Waals surface area contributed by atoms with Crippen molar-refractivity contribution < 1.29 is 14.6 Å². The Bertz CT molecular complexity index is 328. The molecule has 4 heteroatoms. The van der Waals surface area contributed by atoms with Gasteiger partial charge in [-0.1, -0.05) is 31.2 Å². The highest BCUT2D eigenvalue weighted by atomic mass is 16.5. The highest BCUT2D eigenvalue weighted by Crippen LogP contribution is 2.40. The Morgan fingerprint density at radius 1 is 1.47 bits per heavy atom. The van der Waals surface area contributed by atoms with Crippen LogP contribution in [-0.2, 0) is 9.53 Å². The summed E-state index contributed by atoms with van der Waals surface area (Å²) < 4.78 is 5.12. The second-order valence-corrected chi connectivity index (χ2v) is 4.51. The summed E-state index contributed by atoms with van der Waals surface area (Å²) in [5.74, 6) is -1.36. The Kier molecular flexibility index (Phi) is 2.20. The molecular formula is C11H15NO3. The van der Waals surface area contributed by atoms with Gasteiger partial charge in [0.1, 0.15) is 0 Å². The van der Waals surface area contributed by atoms with Gasteiger partial charge in [-0.05, 0) is 0 Å². The molecule has 1 fully saturated rings. The van der Waals surface area contributed by atoms with E-state index in [1.165, 1.54) is 0 Å². The van der Waals surface area contributed by atoms with E-state index in [9.17, 15) is 4.79 Å². The van der Waals surface area contributed by atoms with Crippen molar-refractivity contribution >= 4 is 5.97 Å². The predicted molar refractivity (Wildman–Crippen MR) is 55.3 cm³/mol. The van der Waals surface area contributed by atoms with Crippen LogP contribution in [-0.4, -0.2) is 29.8 Å². The zero-order valence-electron chi connectivity index (χ0n) is 8.64. The third-order valence-corrected chi connectivity index (χ3v) is 3.38. The molecule has 0 radical (unpaired) electrons. The monoisotopic (exact) mass is 209 g/mol. The Balaban J connectivity index is 2.18. The lowest BCUT2D eigenvalue weighted by molar-refractivity contribution is -0.138. The van der Waals surface area contributed by atoms with Crippen LogP contribution >= 0.6 is 0 Å². The van der Waals surface area contributed by atoms with Crippen molar-refractivity contribution in [2.45, 2.75) is 12.5 Å². The molecule has 0 unspecified atom stereocenters. The van der Waals surface area contributed by atoms with E-state index in [2.05, 4.69) is 0 Å².